The number of ether oxygens (including phenoxy) is 1. The molecule has 2 amide bonds. The zero-order valence-electron chi connectivity index (χ0n) is 15.6. The maximum atomic E-state index is 12.7. The van der Waals surface area contributed by atoms with Crippen molar-refractivity contribution in [1.82, 2.24) is 4.90 Å². The van der Waals surface area contributed by atoms with Gasteiger partial charge in [-0.15, -0.1) is 0 Å². The Hall–Kier alpha value is -3.37. The summed E-state index contributed by atoms with van der Waals surface area (Å²) >= 11 is 6.31. The first-order valence-electron chi connectivity index (χ1n) is 8.54. The Morgan fingerprint density at radius 3 is 2.70 bits per heavy atom. The zero-order valence-corrected chi connectivity index (χ0v) is 17.3. The van der Waals surface area contributed by atoms with Crippen molar-refractivity contribution in [3.8, 4) is 11.5 Å². The molecule has 1 aliphatic rings. The molecule has 0 radical (unpaired) electrons. The molecule has 1 fully saturated rings. The van der Waals surface area contributed by atoms with E-state index in [9.17, 15) is 19.5 Å². The molecule has 2 aromatic rings. The van der Waals surface area contributed by atoms with Crippen LogP contribution in [0.5, 0.6) is 11.5 Å². The first kappa shape index (κ1) is 21.3. The summed E-state index contributed by atoms with van der Waals surface area (Å²) in [6.45, 7) is -0.336. The van der Waals surface area contributed by atoms with Crippen LogP contribution in [0.3, 0.4) is 0 Å². The number of thiocarbonyl (C=S) groups is 1. The topological polar surface area (TPSA) is 116 Å². The molecule has 1 heterocycles. The van der Waals surface area contributed by atoms with Gasteiger partial charge >= 0.3 is 5.97 Å². The monoisotopic (exact) mass is 444 g/mol. The van der Waals surface area contributed by atoms with Crippen molar-refractivity contribution in [2.24, 2.45) is 0 Å². The van der Waals surface area contributed by atoms with E-state index in [0.717, 1.165) is 28.8 Å². The van der Waals surface area contributed by atoms with Crippen LogP contribution in [0.2, 0.25) is 0 Å². The third-order valence-corrected chi connectivity index (χ3v) is 5.49. The molecule has 3 rings (SSSR count). The minimum Gasteiger partial charge on any atom is -0.507 e. The molecule has 0 spiro atoms. The van der Waals surface area contributed by atoms with Crippen LogP contribution in [0.25, 0.3) is 6.08 Å². The fraction of sp³-hybridized carbons (Fsp3) is 0.100. The standard InChI is InChI=1S/C20H16N2O6S2/c1-28-15-5-3-2-4-11(15)8-16-18(25)22(20(29)30-16)10-17(24)21-12-6-7-14(23)13(9-12)19(26)27/h2-9,23H,10H2,1H3,(H,21,24)(H,26,27)/b16-8+. The van der Waals surface area contributed by atoms with E-state index in [-0.39, 0.29) is 22.1 Å². The number of methoxy groups -OCH3 is 1. The van der Waals surface area contributed by atoms with Gasteiger partial charge in [0.2, 0.25) is 5.91 Å². The Kier molecular flexibility index (Phi) is 6.38. The third kappa shape index (κ3) is 4.61. The van der Waals surface area contributed by atoms with Crippen LogP contribution in [0.1, 0.15) is 15.9 Å². The molecule has 0 saturated carbocycles. The molecule has 10 heteroatoms. The number of carbonyl (C=O) groups excluding carboxylic acids is 2. The van der Waals surface area contributed by atoms with Gasteiger partial charge in [0, 0.05) is 11.3 Å². The highest BCUT2D eigenvalue weighted by Gasteiger charge is 2.33. The summed E-state index contributed by atoms with van der Waals surface area (Å²) in [6, 6.07) is 10.8. The van der Waals surface area contributed by atoms with Crippen molar-refractivity contribution in [2.75, 3.05) is 19.0 Å². The van der Waals surface area contributed by atoms with Gasteiger partial charge in [0.05, 0.1) is 12.0 Å². The van der Waals surface area contributed by atoms with Crippen LogP contribution in [-0.2, 0) is 9.59 Å². The number of aromatic hydroxyl groups is 1. The SMILES string of the molecule is COc1ccccc1/C=C1/SC(=S)N(CC(=O)Nc2ccc(O)c(C(=O)O)c2)C1=O. The molecule has 2 aromatic carbocycles. The molecule has 30 heavy (non-hydrogen) atoms. The number of amides is 2. The fourth-order valence-electron chi connectivity index (χ4n) is 2.69. The third-order valence-electron chi connectivity index (χ3n) is 4.11. The van der Waals surface area contributed by atoms with Gasteiger partial charge in [0.15, 0.2) is 0 Å². The maximum absolute atomic E-state index is 12.7. The minimum atomic E-state index is -1.33. The van der Waals surface area contributed by atoms with Gasteiger partial charge in [-0.2, -0.15) is 0 Å². The van der Waals surface area contributed by atoms with Crippen molar-refractivity contribution >= 4 is 57.8 Å². The summed E-state index contributed by atoms with van der Waals surface area (Å²) in [6.07, 6.45) is 1.65. The number of nitrogens with zero attached hydrogens (tertiary/aromatic N) is 1. The van der Waals surface area contributed by atoms with Gasteiger partial charge in [0.1, 0.15) is 27.9 Å². The van der Waals surface area contributed by atoms with E-state index < -0.39 is 23.5 Å². The number of nitrogens with one attached hydrogen (secondary N) is 1. The van der Waals surface area contributed by atoms with Gasteiger partial charge < -0.3 is 20.3 Å². The smallest absolute Gasteiger partial charge is 0.339 e. The number of anilines is 1. The number of benzene rings is 2. The Labute approximate surface area is 181 Å². The summed E-state index contributed by atoms with van der Waals surface area (Å²) < 4.78 is 5.50. The van der Waals surface area contributed by atoms with Gasteiger partial charge in [-0.25, -0.2) is 4.79 Å². The lowest BCUT2D eigenvalue weighted by molar-refractivity contribution is -0.126. The molecule has 0 aromatic heterocycles. The highest BCUT2D eigenvalue weighted by atomic mass is 32.2. The van der Waals surface area contributed by atoms with Crippen LogP contribution in [-0.4, -0.2) is 50.9 Å². The van der Waals surface area contributed by atoms with Crippen LogP contribution in [0.15, 0.2) is 47.4 Å². The van der Waals surface area contributed by atoms with E-state index in [1.165, 1.54) is 13.2 Å². The number of para-hydroxylation sites is 1. The lowest BCUT2D eigenvalue weighted by Crippen LogP contribution is -2.36. The number of carbonyl (C=O) groups is 3. The molecule has 1 saturated heterocycles. The second-order valence-electron chi connectivity index (χ2n) is 6.10. The summed E-state index contributed by atoms with van der Waals surface area (Å²) in [5, 5.41) is 21.1. The molecule has 0 atom stereocenters. The number of aromatic carboxylic acids is 1. The van der Waals surface area contributed by atoms with E-state index in [1.54, 1.807) is 18.2 Å². The zero-order chi connectivity index (χ0) is 21.8. The van der Waals surface area contributed by atoms with Crippen molar-refractivity contribution in [3.05, 3.63) is 58.5 Å². The Bertz CT molecular complexity index is 1080. The van der Waals surface area contributed by atoms with E-state index in [4.69, 9.17) is 22.1 Å². The minimum absolute atomic E-state index is 0.171. The number of carboxylic acid groups (broad SMARTS) is 1. The molecule has 1 aliphatic heterocycles. The molecular formula is C20H16N2O6S2. The molecule has 0 aliphatic carbocycles. The summed E-state index contributed by atoms with van der Waals surface area (Å²) in [7, 11) is 1.53. The predicted molar refractivity (Wildman–Crippen MR) is 117 cm³/mol. The second-order valence-corrected chi connectivity index (χ2v) is 7.77. The molecule has 154 valence electrons. The second kappa shape index (κ2) is 8.97. The highest BCUT2D eigenvalue weighted by Crippen LogP contribution is 2.34. The van der Waals surface area contributed by atoms with Gasteiger partial charge in [-0.05, 0) is 30.3 Å². The molecule has 0 unspecified atom stereocenters. The number of rotatable bonds is 6. The van der Waals surface area contributed by atoms with Crippen LogP contribution in [0, 0.1) is 0 Å². The first-order chi connectivity index (χ1) is 14.3. The summed E-state index contributed by atoms with van der Waals surface area (Å²) in [5.74, 6) is -2.13. The predicted octanol–water partition coefficient (Wildman–Crippen LogP) is 2.94. The lowest BCUT2D eigenvalue weighted by Gasteiger charge is -2.14. The van der Waals surface area contributed by atoms with Crippen molar-refractivity contribution in [3.63, 3.8) is 0 Å². The normalized spacial score (nSPS) is 14.8. The van der Waals surface area contributed by atoms with Crippen molar-refractivity contribution in [1.29, 1.82) is 0 Å². The average Bonchev–Trinajstić information content (AvgIpc) is 2.97. The Morgan fingerprint density at radius 2 is 2.00 bits per heavy atom. The Morgan fingerprint density at radius 1 is 1.27 bits per heavy atom. The van der Waals surface area contributed by atoms with Gasteiger partial charge in [-0.1, -0.05) is 42.2 Å². The van der Waals surface area contributed by atoms with Crippen molar-refractivity contribution < 1.29 is 29.3 Å². The Balaban J connectivity index is 1.73. The highest BCUT2D eigenvalue weighted by molar-refractivity contribution is 8.26. The van der Waals surface area contributed by atoms with Gasteiger partial charge in [-0.3, -0.25) is 14.5 Å². The van der Waals surface area contributed by atoms with Gasteiger partial charge in [0.25, 0.3) is 5.91 Å². The number of hydrogen-bond acceptors (Lipinski definition) is 7. The average molecular weight is 444 g/mol. The van der Waals surface area contributed by atoms with Crippen LogP contribution < -0.4 is 10.1 Å². The molecule has 3 N–H and O–H groups in total. The van der Waals surface area contributed by atoms with Crippen LogP contribution >= 0.6 is 24.0 Å². The quantitative estimate of drug-likeness (QED) is 0.354. The number of thioether (sulfide) groups is 1. The number of hydrogen-bond donors (Lipinski definition) is 3. The fourth-order valence-corrected chi connectivity index (χ4v) is 3.94. The van der Waals surface area contributed by atoms with E-state index in [1.807, 2.05) is 12.1 Å². The first-order valence-corrected chi connectivity index (χ1v) is 9.77. The summed E-state index contributed by atoms with van der Waals surface area (Å²) in [5.41, 5.74) is 0.526. The van der Waals surface area contributed by atoms with E-state index in [2.05, 4.69) is 5.32 Å². The van der Waals surface area contributed by atoms with Crippen molar-refractivity contribution in [2.45, 2.75) is 0 Å². The number of phenols is 1. The van der Waals surface area contributed by atoms with E-state index in [0.29, 0.717) is 16.2 Å². The molecular weight excluding hydrogens is 428 g/mol. The maximum Gasteiger partial charge on any atom is 0.339 e. The number of carboxylic acids is 1. The summed E-state index contributed by atoms with van der Waals surface area (Å²) in [4.78, 5) is 37.7. The molecule has 0 bridgehead atoms. The molecule has 8 nitrogen and oxygen atoms in total. The lowest BCUT2D eigenvalue weighted by atomic mass is 10.1. The van der Waals surface area contributed by atoms with Crippen LogP contribution in [0.4, 0.5) is 5.69 Å². The van der Waals surface area contributed by atoms with E-state index >= 15 is 0 Å². The largest absolute Gasteiger partial charge is 0.507 e.